The molecule has 0 bridgehead atoms. The zero-order valence-electron chi connectivity index (χ0n) is 12.1. The minimum absolute atomic E-state index is 0.0212. The second-order valence-electron chi connectivity index (χ2n) is 5.82. The Balaban J connectivity index is 1.87. The Morgan fingerprint density at radius 3 is 2.78 bits per heavy atom. The van der Waals surface area contributed by atoms with Gasteiger partial charge in [0.1, 0.15) is 5.78 Å². The number of thiophene rings is 1. The highest BCUT2D eigenvalue weighted by molar-refractivity contribution is 7.15. The molecule has 0 aromatic carbocycles. The van der Waals surface area contributed by atoms with Crippen molar-refractivity contribution >= 4 is 33.7 Å². The highest BCUT2D eigenvalue weighted by Gasteiger charge is 2.46. The predicted molar refractivity (Wildman–Crippen MR) is 83.5 cm³/mol. The standard InChI is InChI=1S/C15H13N3O4S/c19-9-2-1-7-12(9)14(10-3-4-11(23-10)18(21)22)13-8(17-7)5-6-16-15(13)20/h3-4,12,14H,1-2,5-6H2,(H,16,20). The predicted octanol–water partition coefficient (Wildman–Crippen LogP) is 1.95. The summed E-state index contributed by atoms with van der Waals surface area (Å²) in [5, 5.41) is 13.8. The van der Waals surface area contributed by atoms with Gasteiger partial charge in [-0.2, -0.15) is 0 Å². The lowest BCUT2D eigenvalue weighted by Crippen LogP contribution is -2.39. The number of Topliss-reactive ketones (excluding diaryl/α,β-unsaturated/α-hetero) is 1. The zero-order valence-corrected chi connectivity index (χ0v) is 12.9. The summed E-state index contributed by atoms with van der Waals surface area (Å²) in [6.45, 7) is 0.532. The lowest BCUT2D eigenvalue weighted by molar-refractivity contribution is -0.380. The largest absolute Gasteiger partial charge is 0.352 e. The molecule has 2 aliphatic heterocycles. The third-order valence-electron chi connectivity index (χ3n) is 4.56. The topological polar surface area (TPSA) is 102 Å². The fourth-order valence-corrected chi connectivity index (χ4v) is 4.57. The monoisotopic (exact) mass is 331 g/mol. The number of carbonyl (C=O) groups excluding carboxylic acids is 2. The van der Waals surface area contributed by atoms with Gasteiger partial charge in [0.05, 0.1) is 16.5 Å². The maximum absolute atomic E-state index is 12.4. The Hall–Kier alpha value is -2.35. The fraction of sp³-hybridized carbons (Fsp3) is 0.400. The van der Waals surface area contributed by atoms with E-state index in [9.17, 15) is 19.7 Å². The van der Waals surface area contributed by atoms with Crippen molar-refractivity contribution in [2.45, 2.75) is 25.2 Å². The van der Waals surface area contributed by atoms with E-state index in [4.69, 9.17) is 0 Å². The molecule has 1 aliphatic carbocycles. The number of nitro groups is 1. The molecule has 1 amide bonds. The van der Waals surface area contributed by atoms with Crippen LogP contribution in [-0.4, -0.2) is 28.9 Å². The lowest BCUT2D eigenvalue weighted by atomic mass is 9.77. The Morgan fingerprint density at radius 1 is 1.22 bits per heavy atom. The van der Waals surface area contributed by atoms with Gasteiger partial charge in [-0.05, 0) is 12.5 Å². The number of hydrogen-bond acceptors (Lipinski definition) is 6. The molecule has 1 aromatic rings. The summed E-state index contributed by atoms with van der Waals surface area (Å²) in [5.41, 5.74) is 2.07. The van der Waals surface area contributed by atoms with Crippen LogP contribution in [0.4, 0.5) is 5.00 Å². The van der Waals surface area contributed by atoms with Gasteiger partial charge in [-0.1, -0.05) is 11.3 Å². The molecule has 23 heavy (non-hydrogen) atoms. The second-order valence-corrected chi connectivity index (χ2v) is 6.92. The summed E-state index contributed by atoms with van der Waals surface area (Å²) in [6, 6.07) is 3.10. The van der Waals surface area contributed by atoms with E-state index >= 15 is 0 Å². The highest BCUT2D eigenvalue weighted by Crippen LogP contribution is 2.47. The van der Waals surface area contributed by atoms with Gasteiger partial charge in [0, 0.05) is 47.5 Å². The van der Waals surface area contributed by atoms with Crippen molar-refractivity contribution in [3.8, 4) is 0 Å². The first-order valence-electron chi connectivity index (χ1n) is 7.42. The molecule has 0 spiro atoms. The average molecular weight is 331 g/mol. The first-order valence-corrected chi connectivity index (χ1v) is 8.23. The Labute approximate surface area is 135 Å². The Morgan fingerprint density at radius 2 is 2.04 bits per heavy atom. The molecular formula is C15H13N3O4S. The number of carbonyl (C=O) groups is 2. The summed E-state index contributed by atoms with van der Waals surface area (Å²) in [6.07, 6.45) is 1.68. The van der Waals surface area contributed by atoms with E-state index in [1.807, 2.05) is 0 Å². The van der Waals surface area contributed by atoms with E-state index in [1.165, 1.54) is 6.07 Å². The van der Waals surface area contributed by atoms with E-state index in [1.54, 1.807) is 6.07 Å². The molecule has 3 heterocycles. The third-order valence-corrected chi connectivity index (χ3v) is 5.68. The van der Waals surface area contributed by atoms with E-state index in [2.05, 4.69) is 10.3 Å². The van der Waals surface area contributed by atoms with Crippen molar-refractivity contribution in [3.63, 3.8) is 0 Å². The van der Waals surface area contributed by atoms with Crippen LogP contribution in [0.5, 0.6) is 0 Å². The summed E-state index contributed by atoms with van der Waals surface area (Å²) in [7, 11) is 0. The Bertz CT molecular complexity index is 807. The average Bonchev–Trinajstić information content (AvgIpc) is 3.13. The number of nitrogens with zero attached hydrogens (tertiary/aromatic N) is 2. The quantitative estimate of drug-likeness (QED) is 0.661. The van der Waals surface area contributed by atoms with Gasteiger partial charge >= 0.3 is 5.00 Å². The molecule has 7 nitrogen and oxygen atoms in total. The molecule has 1 aromatic heterocycles. The molecular weight excluding hydrogens is 318 g/mol. The van der Waals surface area contributed by atoms with Crippen LogP contribution < -0.4 is 5.32 Å². The van der Waals surface area contributed by atoms with E-state index in [0.29, 0.717) is 36.3 Å². The number of nitrogens with one attached hydrogen (secondary N) is 1. The van der Waals surface area contributed by atoms with Gasteiger partial charge in [-0.25, -0.2) is 0 Å². The second kappa shape index (κ2) is 5.09. The summed E-state index contributed by atoms with van der Waals surface area (Å²) < 4.78 is 0. The normalized spacial score (nSPS) is 26.5. The minimum atomic E-state index is -0.448. The molecule has 2 unspecified atom stereocenters. The molecule has 118 valence electrons. The van der Waals surface area contributed by atoms with Gasteiger partial charge in [-0.3, -0.25) is 24.7 Å². The van der Waals surface area contributed by atoms with Crippen LogP contribution in [0, 0.1) is 16.0 Å². The van der Waals surface area contributed by atoms with Gasteiger partial charge in [-0.15, -0.1) is 0 Å². The minimum Gasteiger partial charge on any atom is -0.352 e. The maximum Gasteiger partial charge on any atom is 0.324 e. The first-order chi connectivity index (χ1) is 11.1. The highest BCUT2D eigenvalue weighted by atomic mass is 32.1. The van der Waals surface area contributed by atoms with Crippen molar-refractivity contribution in [3.05, 3.63) is 38.4 Å². The van der Waals surface area contributed by atoms with Gasteiger partial charge in [0.15, 0.2) is 0 Å². The molecule has 1 N–H and O–H groups in total. The molecule has 2 atom stereocenters. The summed E-state index contributed by atoms with van der Waals surface area (Å²) >= 11 is 1.04. The summed E-state index contributed by atoms with van der Waals surface area (Å²) in [5.74, 6) is -1.04. The maximum atomic E-state index is 12.4. The number of hydrogen-bond donors (Lipinski definition) is 1. The number of rotatable bonds is 2. The molecule has 8 heteroatoms. The van der Waals surface area contributed by atoms with Crippen molar-refractivity contribution in [2.75, 3.05) is 6.54 Å². The van der Waals surface area contributed by atoms with E-state index < -0.39 is 16.8 Å². The van der Waals surface area contributed by atoms with Crippen LogP contribution in [0.3, 0.4) is 0 Å². The Kier molecular flexibility index (Phi) is 3.15. The van der Waals surface area contributed by atoms with Crippen molar-refractivity contribution in [1.82, 2.24) is 5.32 Å². The van der Waals surface area contributed by atoms with Crippen molar-refractivity contribution in [2.24, 2.45) is 10.9 Å². The number of fused-ring (bicyclic) bond motifs is 1. The van der Waals surface area contributed by atoms with Crippen LogP contribution in [0.25, 0.3) is 0 Å². The SMILES string of the molecule is O=C1NCCC2=C1C(c1ccc([N+](=O)[O-])s1)C1C(=O)CCC1=N2. The van der Waals surface area contributed by atoms with E-state index in [0.717, 1.165) is 22.7 Å². The van der Waals surface area contributed by atoms with Crippen LogP contribution >= 0.6 is 11.3 Å². The summed E-state index contributed by atoms with van der Waals surface area (Å²) in [4.78, 5) is 40.5. The van der Waals surface area contributed by atoms with Crippen LogP contribution in [-0.2, 0) is 9.59 Å². The lowest BCUT2D eigenvalue weighted by Gasteiger charge is -2.32. The molecule has 3 aliphatic rings. The molecule has 0 saturated heterocycles. The molecule has 1 fully saturated rings. The number of amides is 1. The molecule has 1 saturated carbocycles. The first kappa shape index (κ1) is 14.3. The van der Waals surface area contributed by atoms with Gasteiger partial charge in [0.25, 0.3) is 0 Å². The third kappa shape index (κ3) is 2.13. The van der Waals surface area contributed by atoms with Crippen LogP contribution in [0.1, 0.15) is 30.1 Å². The fourth-order valence-electron chi connectivity index (χ4n) is 3.60. The smallest absolute Gasteiger partial charge is 0.324 e. The van der Waals surface area contributed by atoms with Gasteiger partial charge < -0.3 is 5.32 Å². The van der Waals surface area contributed by atoms with E-state index in [-0.39, 0.29) is 16.7 Å². The van der Waals surface area contributed by atoms with Crippen LogP contribution in [0.2, 0.25) is 0 Å². The number of aliphatic imine (C=N–C) groups is 1. The zero-order chi connectivity index (χ0) is 16.1. The van der Waals surface area contributed by atoms with Crippen molar-refractivity contribution < 1.29 is 14.5 Å². The van der Waals surface area contributed by atoms with Crippen molar-refractivity contribution in [1.29, 1.82) is 0 Å². The van der Waals surface area contributed by atoms with Crippen LogP contribution in [0.15, 0.2) is 28.4 Å². The molecule has 0 radical (unpaired) electrons. The molecule has 4 rings (SSSR count). The van der Waals surface area contributed by atoms with Gasteiger partial charge in [0.2, 0.25) is 5.91 Å². The number of ketones is 1.